The Morgan fingerprint density at radius 1 is 1.44 bits per heavy atom. The molecule has 0 fully saturated rings. The smallest absolute Gasteiger partial charge is 0.139 e. The van der Waals surface area contributed by atoms with Gasteiger partial charge in [0.1, 0.15) is 11.6 Å². The summed E-state index contributed by atoms with van der Waals surface area (Å²) in [4.78, 5) is 0. The highest BCUT2D eigenvalue weighted by molar-refractivity contribution is 9.10. The molecule has 1 heterocycles. The first-order valence-corrected chi connectivity index (χ1v) is 6.18. The summed E-state index contributed by atoms with van der Waals surface area (Å²) in [6.07, 6.45) is 0. The van der Waals surface area contributed by atoms with Gasteiger partial charge >= 0.3 is 0 Å². The summed E-state index contributed by atoms with van der Waals surface area (Å²) in [5, 5.41) is 7.01. The number of rotatable bonds is 3. The fourth-order valence-corrected chi connectivity index (χ4v) is 2.00. The van der Waals surface area contributed by atoms with Gasteiger partial charge in [-0.2, -0.15) is 0 Å². The predicted octanol–water partition coefficient (Wildman–Crippen LogP) is 3.39. The van der Waals surface area contributed by atoms with E-state index in [0.29, 0.717) is 22.4 Å². The van der Waals surface area contributed by atoms with Crippen LogP contribution in [0.15, 0.2) is 21.1 Å². The molecule has 0 radical (unpaired) electrons. The molecule has 0 spiro atoms. The summed E-state index contributed by atoms with van der Waals surface area (Å²) < 4.78 is 18.7. The van der Waals surface area contributed by atoms with Crippen LogP contribution in [0.1, 0.15) is 17.0 Å². The second-order valence-electron chi connectivity index (χ2n) is 4.01. The summed E-state index contributed by atoms with van der Waals surface area (Å²) in [7, 11) is 0. The van der Waals surface area contributed by atoms with Gasteiger partial charge in [0.25, 0.3) is 0 Å². The molecule has 18 heavy (non-hydrogen) atoms. The molecule has 2 aromatic rings. The third-order valence-electron chi connectivity index (χ3n) is 2.73. The van der Waals surface area contributed by atoms with Gasteiger partial charge in [-0.25, -0.2) is 4.39 Å². The highest BCUT2D eigenvalue weighted by atomic mass is 79.9. The summed E-state index contributed by atoms with van der Waals surface area (Å²) in [6.45, 7) is 4.25. The number of halogens is 2. The van der Waals surface area contributed by atoms with E-state index in [2.05, 4.69) is 26.4 Å². The molecule has 0 aliphatic rings. The van der Waals surface area contributed by atoms with Crippen molar-refractivity contribution in [1.29, 1.82) is 0 Å². The predicted molar refractivity (Wildman–Crippen MR) is 71.8 cm³/mol. The fraction of sp³-hybridized carbons (Fsp3) is 0.250. The SMILES string of the molecule is Cc1noc(C)c1CNc1cc(Br)c(F)cc1N. The topological polar surface area (TPSA) is 64.1 Å². The lowest BCUT2D eigenvalue weighted by molar-refractivity contribution is 0.392. The van der Waals surface area contributed by atoms with Crippen LogP contribution in [0.25, 0.3) is 0 Å². The van der Waals surface area contributed by atoms with Gasteiger partial charge in [-0.15, -0.1) is 0 Å². The highest BCUT2D eigenvalue weighted by Gasteiger charge is 2.10. The van der Waals surface area contributed by atoms with Crippen LogP contribution in [0, 0.1) is 19.7 Å². The zero-order chi connectivity index (χ0) is 13.3. The molecule has 3 N–H and O–H groups in total. The van der Waals surface area contributed by atoms with Gasteiger partial charge in [0.05, 0.1) is 21.5 Å². The van der Waals surface area contributed by atoms with Gasteiger partial charge in [0.15, 0.2) is 0 Å². The fourth-order valence-electron chi connectivity index (χ4n) is 1.65. The molecular formula is C12H13BrFN3O. The van der Waals surface area contributed by atoms with E-state index in [4.69, 9.17) is 10.3 Å². The molecule has 0 amide bonds. The van der Waals surface area contributed by atoms with Crippen molar-refractivity contribution in [2.45, 2.75) is 20.4 Å². The van der Waals surface area contributed by atoms with E-state index in [-0.39, 0.29) is 5.82 Å². The quantitative estimate of drug-likeness (QED) is 0.853. The Kier molecular flexibility index (Phi) is 3.56. The molecule has 0 saturated heterocycles. The molecule has 2 rings (SSSR count). The van der Waals surface area contributed by atoms with Gasteiger partial charge in [0.2, 0.25) is 0 Å². The van der Waals surface area contributed by atoms with E-state index < -0.39 is 0 Å². The van der Waals surface area contributed by atoms with Gasteiger partial charge < -0.3 is 15.6 Å². The first-order chi connectivity index (χ1) is 8.49. The number of aromatic nitrogens is 1. The number of nitrogen functional groups attached to an aromatic ring is 1. The molecule has 0 saturated carbocycles. The average Bonchev–Trinajstić information content (AvgIpc) is 2.62. The van der Waals surface area contributed by atoms with Crippen LogP contribution in [0.2, 0.25) is 0 Å². The first kappa shape index (κ1) is 12.9. The Balaban J connectivity index is 2.18. The van der Waals surface area contributed by atoms with E-state index >= 15 is 0 Å². The van der Waals surface area contributed by atoms with E-state index in [1.54, 1.807) is 6.07 Å². The molecule has 1 aromatic heterocycles. The lowest BCUT2D eigenvalue weighted by Crippen LogP contribution is -2.04. The molecule has 0 aliphatic carbocycles. The van der Waals surface area contributed by atoms with Crippen LogP contribution in [0.3, 0.4) is 0 Å². The number of nitrogens with one attached hydrogen (secondary N) is 1. The number of nitrogens with zero attached hydrogens (tertiary/aromatic N) is 1. The van der Waals surface area contributed by atoms with Crippen molar-refractivity contribution >= 4 is 27.3 Å². The molecule has 0 bridgehead atoms. The average molecular weight is 314 g/mol. The van der Waals surface area contributed by atoms with Crippen molar-refractivity contribution in [3.63, 3.8) is 0 Å². The second kappa shape index (κ2) is 4.97. The van der Waals surface area contributed by atoms with Crippen LogP contribution >= 0.6 is 15.9 Å². The normalized spacial score (nSPS) is 10.7. The number of aryl methyl sites for hydroxylation is 2. The minimum atomic E-state index is -0.379. The Morgan fingerprint density at radius 3 is 2.78 bits per heavy atom. The number of benzene rings is 1. The monoisotopic (exact) mass is 313 g/mol. The molecule has 0 aliphatic heterocycles. The van der Waals surface area contributed by atoms with E-state index in [1.165, 1.54) is 6.07 Å². The largest absolute Gasteiger partial charge is 0.397 e. The van der Waals surface area contributed by atoms with Crippen molar-refractivity contribution in [2.75, 3.05) is 11.1 Å². The van der Waals surface area contributed by atoms with Crippen molar-refractivity contribution in [1.82, 2.24) is 5.16 Å². The number of anilines is 2. The number of hydrogen-bond acceptors (Lipinski definition) is 4. The maximum Gasteiger partial charge on any atom is 0.139 e. The van der Waals surface area contributed by atoms with Gasteiger partial charge in [-0.1, -0.05) is 5.16 Å². The summed E-state index contributed by atoms with van der Waals surface area (Å²) >= 11 is 3.13. The van der Waals surface area contributed by atoms with Gasteiger partial charge in [-0.3, -0.25) is 0 Å². The zero-order valence-electron chi connectivity index (χ0n) is 10.1. The van der Waals surface area contributed by atoms with Gasteiger partial charge in [0, 0.05) is 18.2 Å². The van der Waals surface area contributed by atoms with E-state index in [1.807, 2.05) is 13.8 Å². The van der Waals surface area contributed by atoms with Crippen LogP contribution in [0.4, 0.5) is 15.8 Å². The molecule has 6 heteroatoms. The van der Waals surface area contributed by atoms with Crippen LogP contribution < -0.4 is 11.1 Å². The highest BCUT2D eigenvalue weighted by Crippen LogP contribution is 2.27. The molecule has 0 atom stereocenters. The minimum Gasteiger partial charge on any atom is -0.397 e. The lowest BCUT2D eigenvalue weighted by Gasteiger charge is -2.10. The van der Waals surface area contributed by atoms with Crippen LogP contribution in [-0.4, -0.2) is 5.16 Å². The molecule has 0 unspecified atom stereocenters. The Bertz CT molecular complexity index is 563. The second-order valence-corrected chi connectivity index (χ2v) is 4.86. The Hall–Kier alpha value is -1.56. The molecular weight excluding hydrogens is 301 g/mol. The standard InChI is InChI=1S/C12H13BrFN3O/c1-6-8(7(2)18-17-6)5-16-12-3-9(13)10(14)4-11(12)15/h3-4,16H,5,15H2,1-2H3. The van der Waals surface area contributed by atoms with Gasteiger partial charge in [-0.05, 0) is 35.8 Å². The third-order valence-corrected chi connectivity index (χ3v) is 3.34. The minimum absolute atomic E-state index is 0.363. The van der Waals surface area contributed by atoms with E-state index in [9.17, 15) is 4.39 Å². The Labute approximate surface area is 112 Å². The maximum absolute atomic E-state index is 13.2. The van der Waals surface area contributed by atoms with E-state index in [0.717, 1.165) is 17.0 Å². The summed E-state index contributed by atoms with van der Waals surface area (Å²) in [5.41, 5.74) is 8.59. The zero-order valence-corrected chi connectivity index (χ0v) is 11.6. The first-order valence-electron chi connectivity index (χ1n) is 5.39. The molecule has 1 aromatic carbocycles. The van der Waals surface area contributed by atoms with Crippen LogP contribution in [0.5, 0.6) is 0 Å². The summed E-state index contributed by atoms with van der Waals surface area (Å²) in [6, 6.07) is 2.89. The number of nitrogens with two attached hydrogens (primary N) is 1. The third kappa shape index (κ3) is 2.48. The van der Waals surface area contributed by atoms with Crippen molar-refractivity contribution in [3.8, 4) is 0 Å². The lowest BCUT2D eigenvalue weighted by atomic mass is 10.2. The molecule has 4 nitrogen and oxygen atoms in total. The maximum atomic E-state index is 13.2. The number of hydrogen-bond donors (Lipinski definition) is 2. The Morgan fingerprint density at radius 2 is 2.17 bits per heavy atom. The van der Waals surface area contributed by atoms with Crippen molar-refractivity contribution in [3.05, 3.63) is 39.4 Å². The summed E-state index contributed by atoms with van der Waals surface area (Å²) in [5.74, 6) is 0.384. The van der Waals surface area contributed by atoms with Crippen molar-refractivity contribution in [2.24, 2.45) is 0 Å². The van der Waals surface area contributed by atoms with Crippen LogP contribution in [-0.2, 0) is 6.54 Å². The molecule has 96 valence electrons. The van der Waals surface area contributed by atoms with Crippen molar-refractivity contribution < 1.29 is 8.91 Å².